The molecule has 0 amide bonds. The lowest BCUT2D eigenvalue weighted by Gasteiger charge is -2.20. The maximum Gasteiger partial charge on any atom is 0.212 e. The third kappa shape index (κ3) is 5.53. The second-order valence-corrected chi connectivity index (χ2v) is 7.63. The van der Waals surface area contributed by atoms with Crippen molar-refractivity contribution in [1.29, 1.82) is 0 Å². The molecule has 3 rings (SSSR count). The van der Waals surface area contributed by atoms with E-state index in [0.29, 0.717) is 11.1 Å². The average molecular weight is 383 g/mol. The fourth-order valence-electron chi connectivity index (χ4n) is 3.21. The molecule has 1 aromatic heterocycles. The van der Waals surface area contributed by atoms with Crippen molar-refractivity contribution >= 4 is 30.0 Å². The van der Waals surface area contributed by atoms with Crippen LogP contribution < -0.4 is 5.11 Å². The maximum absolute atomic E-state index is 10.8. The Morgan fingerprint density at radius 3 is 2.70 bits per heavy atom. The minimum absolute atomic E-state index is 0.169. The van der Waals surface area contributed by atoms with E-state index < -0.39 is 5.97 Å². The highest BCUT2D eigenvalue weighted by atomic mass is 32.2. The fraction of sp³-hybridized carbons (Fsp3) is 0.400. The largest absolute Gasteiger partial charge is 0.549 e. The van der Waals surface area contributed by atoms with Crippen molar-refractivity contribution in [1.82, 2.24) is 14.9 Å². The van der Waals surface area contributed by atoms with Crippen molar-refractivity contribution in [2.24, 2.45) is 5.10 Å². The summed E-state index contributed by atoms with van der Waals surface area (Å²) in [7, 11) is 0. The number of hydrogen-bond acceptors (Lipinski definition) is 6. The van der Waals surface area contributed by atoms with Crippen molar-refractivity contribution in [2.75, 3.05) is 5.75 Å². The van der Waals surface area contributed by atoms with Crippen LogP contribution in [0.2, 0.25) is 0 Å². The zero-order valence-corrected chi connectivity index (χ0v) is 16.2. The summed E-state index contributed by atoms with van der Waals surface area (Å²) in [6.45, 7) is 1.98. The summed E-state index contributed by atoms with van der Waals surface area (Å²) in [5.41, 5.74) is 2.09. The molecule has 0 spiro atoms. The van der Waals surface area contributed by atoms with Gasteiger partial charge in [-0.25, -0.2) is 0 Å². The van der Waals surface area contributed by atoms with Gasteiger partial charge in [0.1, 0.15) is 0 Å². The first-order valence-electron chi connectivity index (χ1n) is 9.19. The van der Waals surface area contributed by atoms with Gasteiger partial charge >= 0.3 is 0 Å². The molecular formula is C20H23N4O2S-. The highest BCUT2D eigenvalue weighted by Crippen LogP contribution is 2.33. The molecular weight excluding hydrogens is 360 g/mol. The van der Waals surface area contributed by atoms with Gasteiger partial charge in [-0.1, -0.05) is 67.4 Å². The molecule has 27 heavy (non-hydrogen) atoms. The number of carbonyl (C=O) groups is 1. The molecule has 0 radical (unpaired) electrons. The smallest absolute Gasteiger partial charge is 0.212 e. The lowest BCUT2D eigenvalue weighted by molar-refractivity contribution is -0.301. The first kappa shape index (κ1) is 19.4. The van der Waals surface area contributed by atoms with Crippen molar-refractivity contribution in [3.8, 4) is 0 Å². The summed E-state index contributed by atoms with van der Waals surface area (Å²) in [4.78, 5) is 10.8. The molecule has 1 aliphatic rings. The van der Waals surface area contributed by atoms with E-state index in [4.69, 9.17) is 0 Å². The van der Waals surface area contributed by atoms with Crippen molar-refractivity contribution < 1.29 is 9.90 Å². The lowest BCUT2D eigenvalue weighted by atomic mass is 9.89. The first-order chi connectivity index (χ1) is 13.1. The van der Waals surface area contributed by atoms with E-state index in [1.807, 2.05) is 43.3 Å². The predicted octanol–water partition coefficient (Wildman–Crippen LogP) is 3.11. The van der Waals surface area contributed by atoms with Crippen LogP contribution in [0.5, 0.6) is 0 Å². The van der Waals surface area contributed by atoms with Crippen LogP contribution in [0, 0.1) is 0 Å². The van der Waals surface area contributed by atoms with Crippen LogP contribution in [0.1, 0.15) is 56.3 Å². The van der Waals surface area contributed by atoms with Crippen LogP contribution in [0.3, 0.4) is 0 Å². The Balaban J connectivity index is 1.84. The van der Waals surface area contributed by atoms with Gasteiger partial charge in [-0.15, -0.1) is 10.2 Å². The second-order valence-electron chi connectivity index (χ2n) is 6.69. The van der Waals surface area contributed by atoms with E-state index in [-0.39, 0.29) is 5.75 Å². The van der Waals surface area contributed by atoms with Crippen LogP contribution in [0.25, 0.3) is 6.08 Å². The minimum atomic E-state index is -1.13. The highest BCUT2D eigenvalue weighted by molar-refractivity contribution is 7.99. The molecule has 0 bridgehead atoms. The van der Waals surface area contributed by atoms with Gasteiger partial charge in [-0.05, 0) is 30.9 Å². The Morgan fingerprint density at radius 1 is 1.26 bits per heavy atom. The summed E-state index contributed by atoms with van der Waals surface area (Å²) in [5.74, 6) is -0.159. The second kappa shape index (κ2) is 9.50. The average Bonchev–Trinajstić information content (AvgIpc) is 3.09. The Bertz CT molecular complexity index is 824. The molecule has 6 nitrogen and oxygen atoms in total. The van der Waals surface area contributed by atoms with Crippen molar-refractivity contribution in [3.05, 3.63) is 47.3 Å². The van der Waals surface area contributed by atoms with Gasteiger partial charge in [0.05, 0.1) is 12.2 Å². The third-order valence-electron chi connectivity index (χ3n) is 4.50. The lowest BCUT2D eigenvalue weighted by Crippen LogP contribution is -2.24. The SMILES string of the molecule is CC(/C=N\n1c(SCC(=O)[O-])nnc1C1CCCCC1)=C\c1ccccc1. The number of allylic oxidation sites excluding steroid dienone is 1. The van der Waals surface area contributed by atoms with E-state index in [1.165, 1.54) is 19.3 Å². The first-order valence-corrected chi connectivity index (χ1v) is 10.2. The standard InChI is InChI=1S/C20H24N4O2S/c1-15(12-16-8-4-2-5-9-16)13-21-24-19(17-10-6-3-7-11-17)22-23-20(24)27-14-18(25)26/h2,4-5,8-9,12-13,17H,3,6-7,10-11,14H2,1H3,(H,25,26)/p-1/b15-12+,21-13-. The van der Waals surface area contributed by atoms with Gasteiger partial charge in [0.15, 0.2) is 5.82 Å². The van der Waals surface area contributed by atoms with Gasteiger partial charge in [-0.2, -0.15) is 9.78 Å². The number of carboxylic acids is 1. The molecule has 1 aromatic carbocycles. The maximum atomic E-state index is 10.8. The Morgan fingerprint density at radius 2 is 2.00 bits per heavy atom. The number of carboxylic acid groups (broad SMARTS) is 1. The summed E-state index contributed by atoms with van der Waals surface area (Å²) in [5, 5.41) is 24.4. The molecule has 142 valence electrons. The van der Waals surface area contributed by atoms with Crippen LogP contribution in [-0.4, -0.2) is 32.8 Å². The van der Waals surface area contributed by atoms with E-state index in [0.717, 1.165) is 41.6 Å². The van der Waals surface area contributed by atoms with Gasteiger partial charge < -0.3 is 9.90 Å². The normalized spacial score (nSPS) is 16.1. The Labute approximate surface area is 163 Å². The molecule has 1 saturated carbocycles. The number of aliphatic carboxylic acids is 1. The number of thioether (sulfide) groups is 1. The number of aromatic nitrogens is 3. The van der Waals surface area contributed by atoms with Gasteiger partial charge in [0, 0.05) is 11.7 Å². The van der Waals surface area contributed by atoms with Crippen LogP contribution in [0.4, 0.5) is 0 Å². The zero-order chi connectivity index (χ0) is 19.1. The zero-order valence-electron chi connectivity index (χ0n) is 15.4. The number of nitrogens with zero attached hydrogens (tertiary/aromatic N) is 4. The topological polar surface area (TPSA) is 83.2 Å². The van der Waals surface area contributed by atoms with Crippen molar-refractivity contribution in [2.45, 2.75) is 50.1 Å². The Hall–Kier alpha value is -2.41. The quantitative estimate of drug-likeness (QED) is 0.542. The summed E-state index contributed by atoms with van der Waals surface area (Å²) < 4.78 is 1.70. The van der Waals surface area contributed by atoms with E-state index in [1.54, 1.807) is 10.9 Å². The van der Waals surface area contributed by atoms with E-state index in [9.17, 15) is 9.90 Å². The molecule has 1 aliphatic carbocycles. The predicted molar refractivity (Wildman–Crippen MR) is 106 cm³/mol. The van der Waals surface area contributed by atoms with Gasteiger partial charge in [0.25, 0.3) is 0 Å². The molecule has 0 atom stereocenters. The van der Waals surface area contributed by atoms with E-state index >= 15 is 0 Å². The highest BCUT2D eigenvalue weighted by Gasteiger charge is 2.23. The van der Waals surface area contributed by atoms with Crippen LogP contribution in [-0.2, 0) is 4.79 Å². The molecule has 7 heteroatoms. The molecule has 0 unspecified atom stereocenters. The molecule has 1 heterocycles. The molecule has 2 aromatic rings. The monoisotopic (exact) mass is 383 g/mol. The molecule has 0 N–H and O–H groups in total. The van der Waals surface area contributed by atoms with Gasteiger partial charge in [0.2, 0.25) is 5.16 Å². The molecule has 0 aliphatic heterocycles. The summed E-state index contributed by atoms with van der Waals surface area (Å²) >= 11 is 1.09. The summed E-state index contributed by atoms with van der Waals surface area (Å²) in [6, 6.07) is 10.0. The number of carbonyl (C=O) groups excluding carboxylic acids is 1. The Kier molecular flexibility index (Phi) is 6.81. The minimum Gasteiger partial charge on any atom is -0.549 e. The number of rotatable bonds is 7. The number of hydrogen-bond donors (Lipinski definition) is 0. The van der Waals surface area contributed by atoms with E-state index in [2.05, 4.69) is 15.3 Å². The number of benzene rings is 1. The van der Waals surface area contributed by atoms with Crippen molar-refractivity contribution in [3.63, 3.8) is 0 Å². The van der Waals surface area contributed by atoms with Crippen LogP contribution >= 0.6 is 11.8 Å². The molecule has 1 fully saturated rings. The summed E-state index contributed by atoms with van der Waals surface area (Å²) in [6.07, 6.45) is 9.55. The third-order valence-corrected chi connectivity index (χ3v) is 5.39. The van der Waals surface area contributed by atoms with Crippen LogP contribution in [0.15, 0.2) is 46.2 Å². The molecule has 0 saturated heterocycles. The van der Waals surface area contributed by atoms with Gasteiger partial charge in [-0.3, -0.25) is 0 Å². The fourth-order valence-corrected chi connectivity index (χ4v) is 3.82.